The number of amides is 3. The topological polar surface area (TPSA) is 70.7 Å². The highest BCUT2D eigenvalue weighted by atomic mass is 19.1. The second-order valence-electron chi connectivity index (χ2n) is 5.68. The quantitative estimate of drug-likeness (QED) is 0.897. The molecule has 2 N–H and O–H groups in total. The zero-order valence-corrected chi connectivity index (χ0v) is 13.7. The zero-order valence-electron chi connectivity index (χ0n) is 13.7. The van der Waals surface area contributed by atoms with Gasteiger partial charge in [0.1, 0.15) is 11.6 Å². The number of nitrogens with one attached hydrogen (secondary N) is 2. The molecule has 1 saturated heterocycles. The first-order chi connectivity index (χ1) is 12.1. The molecule has 0 radical (unpaired) electrons. The summed E-state index contributed by atoms with van der Waals surface area (Å²) in [4.78, 5) is 25.8. The third-order valence-corrected chi connectivity index (χ3v) is 3.97. The van der Waals surface area contributed by atoms with E-state index in [-0.39, 0.29) is 24.1 Å². The summed E-state index contributed by atoms with van der Waals surface area (Å²) in [6.07, 6.45) is 0.191. The van der Waals surface area contributed by atoms with Crippen LogP contribution in [-0.4, -0.2) is 31.6 Å². The smallest absolute Gasteiger partial charge is 0.319 e. The number of carbonyl (C=O) groups is 2. The molecule has 0 aromatic heterocycles. The zero-order chi connectivity index (χ0) is 17.8. The van der Waals surface area contributed by atoms with E-state index in [1.807, 2.05) is 0 Å². The molecule has 0 aliphatic carbocycles. The van der Waals surface area contributed by atoms with E-state index in [0.29, 0.717) is 12.3 Å². The van der Waals surface area contributed by atoms with Gasteiger partial charge in [-0.15, -0.1) is 0 Å². The number of halogens is 1. The lowest BCUT2D eigenvalue weighted by atomic mass is 10.2. The minimum Gasteiger partial charge on any atom is -0.497 e. The largest absolute Gasteiger partial charge is 0.497 e. The normalized spacial score (nSPS) is 16.6. The lowest BCUT2D eigenvalue weighted by Gasteiger charge is -2.18. The molecular formula is C18H18FN3O3. The summed E-state index contributed by atoms with van der Waals surface area (Å²) in [5.41, 5.74) is 0.834. The summed E-state index contributed by atoms with van der Waals surface area (Å²) in [6.45, 7) is 0.357. The van der Waals surface area contributed by atoms with Gasteiger partial charge in [-0.1, -0.05) is 12.1 Å². The molecule has 1 unspecified atom stereocenters. The number of carbonyl (C=O) groups excluding carboxylic acids is 2. The average molecular weight is 343 g/mol. The summed E-state index contributed by atoms with van der Waals surface area (Å²) in [5, 5.41) is 5.15. The molecule has 2 aromatic rings. The first-order valence-corrected chi connectivity index (χ1v) is 7.83. The van der Waals surface area contributed by atoms with Gasteiger partial charge in [-0.25, -0.2) is 9.18 Å². The third-order valence-electron chi connectivity index (χ3n) is 3.97. The van der Waals surface area contributed by atoms with Crippen molar-refractivity contribution in [1.82, 2.24) is 5.32 Å². The Morgan fingerprint density at radius 1 is 1.20 bits per heavy atom. The molecule has 130 valence electrons. The Hall–Kier alpha value is -3.09. The number of hydrogen-bond donors (Lipinski definition) is 2. The fourth-order valence-electron chi connectivity index (χ4n) is 2.72. The van der Waals surface area contributed by atoms with Crippen LogP contribution in [0, 0.1) is 5.82 Å². The van der Waals surface area contributed by atoms with E-state index in [4.69, 9.17) is 4.74 Å². The van der Waals surface area contributed by atoms with Crippen LogP contribution in [0.2, 0.25) is 0 Å². The predicted molar refractivity (Wildman–Crippen MR) is 92.3 cm³/mol. The second-order valence-corrected chi connectivity index (χ2v) is 5.68. The van der Waals surface area contributed by atoms with Crippen LogP contribution in [0.1, 0.15) is 6.42 Å². The standard InChI is InChI=1S/C18H18FN3O3/c1-25-14-8-6-13(7-9-14)22-11-12(10-17(22)23)20-18(24)21-16-5-3-2-4-15(16)19/h2-9,12H,10-11H2,1H3,(H2,20,21,24). The third kappa shape index (κ3) is 3.88. The van der Waals surface area contributed by atoms with Crippen LogP contribution in [0.4, 0.5) is 20.6 Å². The maximum absolute atomic E-state index is 13.6. The summed E-state index contributed by atoms with van der Waals surface area (Å²) >= 11 is 0. The van der Waals surface area contributed by atoms with Crippen molar-refractivity contribution in [3.8, 4) is 5.75 Å². The average Bonchev–Trinajstić information content (AvgIpc) is 2.97. The van der Waals surface area contributed by atoms with Gasteiger partial charge in [-0.3, -0.25) is 4.79 Å². The number of para-hydroxylation sites is 1. The molecular weight excluding hydrogens is 325 g/mol. The van der Waals surface area contributed by atoms with E-state index in [0.717, 1.165) is 5.69 Å². The van der Waals surface area contributed by atoms with Gasteiger partial charge >= 0.3 is 6.03 Å². The van der Waals surface area contributed by atoms with Gasteiger partial charge in [0.15, 0.2) is 0 Å². The number of rotatable bonds is 4. The Morgan fingerprint density at radius 2 is 1.92 bits per heavy atom. The summed E-state index contributed by atoms with van der Waals surface area (Å²) in [5.74, 6) is 0.107. The molecule has 0 spiro atoms. The van der Waals surface area contributed by atoms with E-state index >= 15 is 0 Å². The van der Waals surface area contributed by atoms with Gasteiger partial charge < -0.3 is 20.3 Å². The Labute approximate surface area is 144 Å². The van der Waals surface area contributed by atoms with Crippen molar-refractivity contribution >= 4 is 23.3 Å². The molecule has 3 amide bonds. The van der Waals surface area contributed by atoms with Gasteiger partial charge in [-0.2, -0.15) is 0 Å². The van der Waals surface area contributed by atoms with Crippen LogP contribution in [0.3, 0.4) is 0 Å². The van der Waals surface area contributed by atoms with Crippen molar-refractivity contribution in [1.29, 1.82) is 0 Å². The molecule has 1 aliphatic heterocycles. The van der Waals surface area contributed by atoms with E-state index in [2.05, 4.69) is 10.6 Å². The Kier molecular flexibility index (Phi) is 4.83. The first-order valence-electron chi connectivity index (χ1n) is 7.83. The lowest BCUT2D eigenvalue weighted by molar-refractivity contribution is -0.117. The van der Waals surface area contributed by atoms with Crippen molar-refractivity contribution in [2.75, 3.05) is 23.9 Å². The maximum Gasteiger partial charge on any atom is 0.319 e. The number of urea groups is 1. The number of methoxy groups -OCH3 is 1. The van der Waals surface area contributed by atoms with E-state index in [9.17, 15) is 14.0 Å². The molecule has 3 rings (SSSR count). The fourth-order valence-corrected chi connectivity index (χ4v) is 2.72. The Balaban J connectivity index is 1.60. The Morgan fingerprint density at radius 3 is 2.60 bits per heavy atom. The summed E-state index contributed by atoms with van der Waals surface area (Å²) in [6, 6.07) is 12.1. The molecule has 1 fully saturated rings. The van der Waals surface area contributed by atoms with E-state index in [1.54, 1.807) is 48.4 Å². The minimum absolute atomic E-state index is 0.0821. The molecule has 7 heteroatoms. The number of ether oxygens (including phenoxy) is 1. The van der Waals surface area contributed by atoms with Crippen LogP contribution in [0.25, 0.3) is 0 Å². The van der Waals surface area contributed by atoms with Gasteiger partial charge in [0.25, 0.3) is 0 Å². The van der Waals surface area contributed by atoms with Gasteiger partial charge in [0.05, 0.1) is 18.8 Å². The molecule has 2 aromatic carbocycles. The molecule has 25 heavy (non-hydrogen) atoms. The van der Waals surface area contributed by atoms with Crippen molar-refractivity contribution in [3.05, 3.63) is 54.3 Å². The number of nitrogens with zero attached hydrogens (tertiary/aromatic N) is 1. The van der Waals surface area contributed by atoms with Crippen molar-refractivity contribution in [2.24, 2.45) is 0 Å². The summed E-state index contributed by atoms with van der Waals surface area (Å²) in [7, 11) is 1.57. The van der Waals surface area contributed by atoms with Crippen LogP contribution in [0.5, 0.6) is 5.75 Å². The number of hydrogen-bond acceptors (Lipinski definition) is 3. The van der Waals surface area contributed by atoms with Gasteiger partial charge in [0, 0.05) is 18.7 Å². The lowest BCUT2D eigenvalue weighted by Crippen LogP contribution is -2.39. The molecule has 1 aliphatic rings. The number of anilines is 2. The monoisotopic (exact) mass is 343 g/mol. The summed E-state index contributed by atoms with van der Waals surface area (Å²) < 4.78 is 18.7. The highest BCUT2D eigenvalue weighted by molar-refractivity contribution is 5.97. The van der Waals surface area contributed by atoms with Crippen LogP contribution in [-0.2, 0) is 4.79 Å². The molecule has 1 atom stereocenters. The van der Waals surface area contributed by atoms with Crippen LogP contribution < -0.4 is 20.3 Å². The first kappa shape index (κ1) is 16.8. The van der Waals surface area contributed by atoms with E-state index < -0.39 is 11.8 Å². The van der Waals surface area contributed by atoms with Crippen LogP contribution in [0.15, 0.2) is 48.5 Å². The second kappa shape index (κ2) is 7.21. The SMILES string of the molecule is COc1ccc(N2CC(NC(=O)Nc3ccccc3F)CC2=O)cc1. The Bertz CT molecular complexity index is 779. The molecule has 6 nitrogen and oxygen atoms in total. The minimum atomic E-state index is -0.542. The fraction of sp³-hybridized carbons (Fsp3) is 0.222. The maximum atomic E-state index is 13.6. The van der Waals surface area contributed by atoms with Crippen molar-refractivity contribution < 1.29 is 18.7 Å². The van der Waals surface area contributed by atoms with E-state index in [1.165, 1.54) is 12.1 Å². The molecule has 0 saturated carbocycles. The van der Waals surface area contributed by atoms with Crippen molar-refractivity contribution in [3.63, 3.8) is 0 Å². The molecule has 1 heterocycles. The van der Waals surface area contributed by atoms with Gasteiger partial charge in [-0.05, 0) is 36.4 Å². The number of benzene rings is 2. The van der Waals surface area contributed by atoms with Gasteiger partial charge in [0.2, 0.25) is 5.91 Å². The highest BCUT2D eigenvalue weighted by Crippen LogP contribution is 2.24. The predicted octanol–water partition coefficient (Wildman–Crippen LogP) is 2.76. The highest BCUT2D eigenvalue weighted by Gasteiger charge is 2.31. The van der Waals surface area contributed by atoms with Crippen molar-refractivity contribution in [2.45, 2.75) is 12.5 Å². The molecule has 0 bridgehead atoms. The van der Waals surface area contributed by atoms with Crippen LogP contribution >= 0.6 is 0 Å².